The molecule has 0 bridgehead atoms. The molecule has 0 unspecified atom stereocenters. The van der Waals surface area contributed by atoms with Gasteiger partial charge in [-0.25, -0.2) is 4.79 Å². The molecule has 0 spiro atoms. The van der Waals surface area contributed by atoms with Crippen LogP contribution in [0.5, 0.6) is 0 Å². The fourth-order valence-electron chi connectivity index (χ4n) is 1.37. The smallest absolute Gasteiger partial charge is 0.328 e. The maximum atomic E-state index is 11.5. The van der Waals surface area contributed by atoms with Crippen molar-refractivity contribution in [2.24, 2.45) is 11.5 Å². The van der Waals surface area contributed by atoms with Gasteiger partial charge in [-0.1, -0.05) is 6.42 Å². The number of aliphatic carboxylic acids is 1. The van der Waals surface area contributed by atoms with Crippen molar-refractivity contribution in [3.63, 3.8) is 0 Å². The Morgan fingerprint density at radius 1 is 1.20 bits per heavy atom. The van der Waals surface area contributed by atoms with Crippen LogP contribution in [0.4, 0.5) is 0 Å². The van der Waals surface area contributed by atoms with Crippen LogP contribution in [0.25, 0.3) is 0 Å². The lowest BCUT2D eigenvalue weighted by Gasteiger charge is -2.14. The van der Waals surface area contributed by atoms with E-state index in [9.17, 15) is 14.4 Å². The lowest BCUT2D eigenvalue weighted by atomic mass is 10.1. The van der Waals surface area contributed by atoms with Crippen LogP contribution in [-0.4, -0.2) is 59.8 Å². The summed E-state index contributed by atoms with van der Waals surface area (Å²) in [4.78, 5) is 33.4. The van der Waals surface area contributed by atoms with Gasteiger partial charge >= 0.3 is 5.97 Å². The number of nitrogens with one attached hydrogen (secondary N) is 2. The first-order valence-corrected chi connectivity index (χ1v) is 6.28. The Morgan fingerprint density at radius 2 is 1.85 bits per heavy atom. The van der Waals surface area contributed by atoms with E-state index in [4.69, 9.17) is 21.7 Å². The summed E-state index contributed by atoms with van der Waals surface area (Å²) in [7, 11) is 0. The third kappa shape index (κ3) is 7.67. The first kappa shape index (κ1) is 18.3. The number of carbonyl (C=O) groups excluding carboxylic acids is 2. The summed E-state index contributed by atoms with van der Waals surface area (Å²) >= 11 is 0. The number of hydrogen-bond acceptors (Lipinski definition) is 6. The summed E-state index contributed by atoms with van der Waals surface area (Å²) in [5.74, 6) is -2.56. The Labute approximate surface area is 116 Å². The maximum Gasteiger partial charge on any atom is 0.328 e. The van der Waals surface area contributed by atoms with Gasteiger partial charge in [0.15, 0.2) is 0 Å². The number of carboxylic acid groups (broad SMARTS) is 1. The Balaban J connectivity index is 3.98. The van der Waals surface area contributed by atoms with Gasteiger partial charge in [0.25, 0.3) is 0 Å². The van der Waals surface area contributed by atoms with E-state index in [-0.39, 0.29) is 0 Å². The van der Waals surface area contributed by atoms with Crippen molar-refractivity contribution in [2.75, 3.05) is 19.7 Å². The number of amides is 2. The van der Waals surface area contributed by atoms with E-state index in [0.717, 1.165) is 6.42 Å². The monoisotopic (exact) mass is 290 g/mol. The molecule has 9 nitrogen and oxygen atoms in total. The van der Waals surface area contributed by atoms with Gasteiger partial charge in [-0.2, -0.15) is 0 Å². The van der Waals surface area contributed by atoms with Crippen molar-refractivity contribution >= 4 is 17.8 Å². The van der Waals surface area contributed by atoms with E-state index in [0.29, 0.717) is 19.4 Å². The molecule has 0 fully saturated rings. The fourth-order valence-corrected chi connectivity index (χ4v) is 1.37. The molecule has 8 N–H and O–H groups in total. The molecule has 2 amide bonds. The number of aliphatic hydroxyl groups excluding tert-OH is 1. The van der Waals surface area contributed by atoms with Crippen LogP contribution in [-0.2, 0) is 14.4 Å². The number of hydrogen-bond donors (Lipinski definition) is 6. The fraction of sp³-hybridized carbons (Fsp3) is 0.727. The molecule has 0 radical (unpaired) electrons. The summed E-state index contributed by atoms with van der Waals surface area (Å²) in [5, 5.41) is 21.7. The van der Waals surface area contributed by atoms with Gasteiger partial charge in [0, 0.05) is 0 Å². The molecule has 0 rings (SSSR count). The minimum absolute atomic E-state index is 0.396. The zero-order valence-corrected chi connectivity index (χ0v) is 11.2. The second-order valence-electron chi connectivity index (χ2n) is 4.25. The molecule has 9 heteroatoms. The molecule has 0 aliphatic carbocycles. The Bertz CT molecular complexity index is 337. The van der Waals surface area contributed by atoms with Crippen molar-refractivity contribution in [1.29, 1.82) is 0 Å². The molecule has 0 aromatic carbocycles. The highest BCUT2D eigenvalue weighted by Crippen LogP contribution is 1.97. The van der Waals surface area contributed by atoms with E-state index in [1.165, 1.54) is 0 Å². The topological polar surface area (TPSA) is 168 Å². The van der Waals surface area contributed by atoms with Crippen molar-refractivity contribution in [2.45, 2.75) is 31.3 Å². The van der Waals surface area contributed by atoms with Crippen LogP contribution in [0.3, 0.4) is 0 Å². The number of carboxylic acids is 1. The molecule has 0 saturated heterocycles. The lowest BCUT2D eigenvalue weighted by Crippen LogP contribution is -2.49. The molecule has 0 aromatic heterocycles. The molecule has 0 saturated carbocycles. The van der Waals surface area contributed by atoms with Gasteiger partial charge in [-0.15, -0.1) is 0 Å². The highest BCUT2D eigenvalue weighted by molar-refractivity contribution is 5.89. The van der Waals surface area contributed by atoms with Crippen LogP contribution in [0, 0.1) is 0 Å². The zero-order valence-electron chi connectivity index (χ0n) is 11.2. The van der Waals surface area contributed by atoms with Crippen LogP contribution in [0.15, 0.2) is 0 Å². The molecule has 0 aromatic rings. The average Bonchev–Trinajstić information content (AvgIpc) is 2.41. The summed E-state index contributed by atoms with van der Waals surface area (Å²) in [6.45, 7) is -0.602. The van der Waals surface area contributed by atoms with E-state index >= 15 is 0 Å². The first-order valence-electron chi connectivity index (χ1n) is 6.28. The maximum absolute atomic E-state index is 11.5. The van der Waals surface area contributed by atoms with E-state index in [1.54, 1.807) is 0 Å². The van der Waals surface area contributed by atoms with Crippen molar-refractivity contribution in [1.82, 2.24) is 10.6 Å². The Morgan fingerprint density at radius 3 is 2.35 bits per heavy atom. The largest absolute Gasteiger partial charge is 0.480 e. The standard InChI is InChI=1S/C11H22N4O5/c12-4-2-1-3-7(13)10(18)14-5-9(17)15-8(6-16)11(19)20/h7-8,16H,1-6,12-13H2,(H,14,18)(H,15,17)(H,19,20)/t7-,8-/m0/s1. The molecule has 0 aliphatic rings. The summed E-state index contributed by atoms with van der Waals surface area (Å²) in [6.07, 6.45) is 1.93. The average molecular weight is 290 g/mol. The van der Waals surface area contributed by atoms with E-state index in [2.05, 4.69) is 10.6 Å². The van der Waals surface area contributed by atoms with Gasteiger partial charge in [0.2, 0.25) is 11.8 Å². The predicted molar refractivity (Wildman–Crippen MR) is 70.5 cm³/mol. The van der Waals surface area contributed by atoms with Gasteiger partial charge < -0.3 is 32.3 Å². The van der Waals surface area contributed by atoms with Gasteiger partial charge in [0.1, 0.15) is 6.04 Å². The summed E-state index contributed by atoms with van der Waals surface area (Å²) in [6, 6.07) is -2.12. The number of unbranched alkanes of at least 4 members (excludes halogenated alkanes) is 1. The van der Waals surface area contributed by atoms with Gasteiger partial charge in [-0.3, -0.25) is 9.59 Å². The summed E-state index contributed by atoms with van der Waals surface area (Å²) in [5.41, 5.74) is 10.9. The zero-order chi connectivity index (χ0) is 15.5. The van der Waals surface area contributed by atoms with Crippen LogP contribution in [0.1, 0.15) is 19.3 Å². The highest BCUT2D eigenvalue weighted by Gasteiger charge is 2.19. The second kappa shape index (κ2) is 10.1. The van der Waals surface area contributed by atoms with Crippen molar-refractivity contribution in [3.05, 3.63) is 0 Å². The number of aliphatic hydroxyl groups is 1. The van der Waals surface area contributed by atoms with Crippen LogP contribution < -0.4 is 22.1 Å². The number of nitrogens with two attached hydrogens (primary N) is 2. The van der Waals surface area contributed by atoms with Crippen LogP contribution in [0.2, 0.25) is 0 Å². The normalized spacial score (nSPS) is 13.3. The molecule has 0 aliphatic heterocycles. The molecular formula is C11H22N4O5. The lowest BCUT2D eigenvalue weighted by molar-refractivity contribution is -0.142. The third-order valence-corrected chi connectivity index (χ3v) is 2.55. The number of rotatable bonds is 10. The second-order valence-corrected chi connectivity index (χ2v) is 4.25. The first-order chi connectivity index (χ1) is 9.42. The SMILES string of the molecule is NCCCC[C@H](N)C(=O)NCC(=O)N[C@@H](CO)C(=O)O. The van der Waals surface area contributed by atoms with E-state index < -0.39 is 43.0 Å². The third-order valence-electron chi connectivity index (χ3n) is 2.55. The van der Waals surface area contributed by atoms with Crippen LogP contribution >= 0.6 is 0 Å². The minimum atomic E-state index is -1.39. The molecule has 0 heterocycles. The quantitative estimate of drug-likeness (QED) is 0.235. The summed E-state index contributed by atoms with van der Waals surface area (Å²) < 4.78 is 0. The molecular weight excluding hydrogens is 268 g/mol. The Hall–Kier alpha value is -1.71. The minimum Gasteiger partial charge on any atom is -0.480 e. The Kier molecular flexibility index (Phi) is 9.26. The van der Waals surface area contributed by atoms with Gasteiger partial charge in [-0.05, 0) is 19.4 Å². The predicted octanol–water partition coefficient (Wildman–Crippen LogP) is -2.88. The molecule has 20 heavy (non-hydrogen) atoms. The van der Waals surface area contributed by atoms with Crippen molar-refractivity contribution in [3.8, 4) is 0 Å². The molecule has 2 atom stereocenters. The van der Waals surface area contributed by atoms with Gasteiger partial charge in [0.05, 0.1) is 19.2 Å². The highest BCUT2D eigenvalue weighted by atomic mass is 16.4. The van der Waals surface area contributed by atoms with Crippen molar-refractivity contribution < 1.29 is 24.6 Å². The molecule has 116 valence electrons. The van der Waals surface area contributed by atoms with E-state index in [1.807, 2.05) is 0 Å². The number of carbonyl (C=O) groups is 3.